The predicted molar refractivity (Wildman–Crippen MR) is 90.3 cm³/mol. The monoisotopic (exact) mass is 344 g/mol. The van der Waals surface area contributed by atoms with Crippen molar-refractivity contribution in [2.45, 2.75) is 45.6 Å². The molecule has 0 aliphatic heterocycles. The number of nitrogens with one attached hydrogen (secondary N) is 1. The van der Waals surface area contributed by atoms with Gasteiger partial charge in [0.2, 0.25) is 15.9 Å². The molecule has 0 saturated heterocycles. The number of anilines is 1. The number of sulfonamides is 1. The van der Waals surface area contributed by atoms with Gasteiger partial charge < -0.3 is 5.32 Å². The maximum Gasteiger partial charge on any atom is 0.232 e. The Balaban J connectivity index is 2.64. The van der Waals surface area contributed by atoms with Crippen LogP contribution in [0.15, 0.2) is 24.3 Å². The van der Waals surface area contributed by atoms with E-state index in [9.17, 15) is 17.6 Å². The number of halogens is 1. The number of amides is 1. The first kappa shape index (κ1) is 19.4. The van der Waals surface area contributed by atoms with Crippen LogP contribution >= 0.6 is 0 Å². The van der Waals surface area contributed by atoms with Crippen molar-refractivity contribution in [3.05, 3.63) is 30.1 Å². The Bertz CT molecular complexity index is 620. The molecule has 1 aromatic rings. The van der Waals surface area contributed by atoms with Gasteiger partial charge in [-0.25, -0.2) is 12.8 Å². The lowest BCUT2D eigenvalue weighted by Gasteiger charge is -2.23. The first-order chi connectivity index (χ1) is 10.8. The third-order valence-corrected chi connectivity index (χ3v) is 4.60. The number of carbonyl (C=O) groups excluding carboxylic acids is 1. The first-order valence-corrected chi connectivity index (χ1v) is 9.62. The van der Waals surface area contributed by atoms with Gasteiger partial charge in [0.15, 0.2) is 0 Å². The van der Waals surface area contributed by atoms with E-state index in [0.717, 1.165) is 23.4 Å². The average molecular weight is 344 g/mol. The highest BCUT2D eigenvalue weighted by molar-refractivity contribution is 7.92. The lowest BCUT2D eigenvalue weighted by molar-refractivity contribution is -0.121. The van der Waals surface area contributed by atoms with E-state index in [1.807, 2.05) is 13.8 Å². The van der Waals surface area contributed by atoms with Gasteiger partial charge in [-0.1, -0.05) is 25.5 Å². The predicted octanol–water partition coefficient (Wildman–Crippen LogP) is 2.68. The zero-order valence-electron chi connectivity index (χ0n) is 13.9. The highest BCUT2D eigenvalue weighted by atomic mass is 32.2. The number of benzene rings is 1. The Labute approximate surface area is 137 Å². The summed E-state index contributed by atoms with van der Waals surface area (Å²) in [6.45, 7) is 4.04. The molecule has 0 aromatic heterocycles. The smallest absolute Gasteiger partial charge is 0.232 e. The minimum Gasteiger partial charge on any atom is -0.354 e. The second-order valence-electron chi connectivity index (χ2n) is 5.65. The van der Waals surface area contributed by atoms with E-state index in [4.69, 9.17) is 0 Å². The molecule has 0 radical (unpaired) electrons. The second-order valence-corrected chi connectivity index (χ2v) is 7.55. The van der Waals surface area contributed by atoms with Crippen molar-refractivity contribution in [2.75, 3.05) is 17.1 Å². The molecule has 0 aliphatic rings. The van der Waals surface area contributed by atoms with E-state index in [0.29, 0.717) is 6.42 Å². The summed E-state index contributed by atoms with van der Waals surface area (Å²) in [4.78, 5) is 11.8. The lowest BCUT2D eigenvalue weighted by atomic mass is 10.2. The molecule has 23 heavy (non-hydrogen) atoms. The van der Waals surface area contributed by atoms with Crippen LogP contribution in [0.2, 0.25) is 0 Å². The zero-order valence-corrected chi connectivity index (χ0v) is 14.7. The summed E-state index contributed by atoms with van der Waals surface area (Å²) >= 11 is 0. The van der Waals surface area contributed by atoms with E-state index < -0.39 is 15.8 Å². The average Bonchev–Trinajstić information content (AvgIpc) is 2.43. The molecule has 1 N–H and O–H groups in total. The van der Waals surface area contributed by atoms with Gasteiger partial charge >= 0.3 is 0 Å². The topological polar surface area (TPSA) is 66.5 Å². The summed E-state index contributed by atoms with van der Waals surface area (Å²) < 4.78 is 38.6. The number of para-hydroxylation sites is 1. The van der Waals surface area contributed by atoms with Crippen molar-refractivity contribution in [2.24, 2.45) is 0 Å². The van der Waals surface area contributed by atoms with Crippen LogP contribution in [0.25, 0.3) is 0 Å². The standard InChI is InChI=1S/C16H25FN2O3S/c1-4-8-13(2)18-16(20)11-7-12-19(23(3,21)22)15-10-6-5-9-14(15)17/h5-6,9-10,13H,4,7-8,11-12H2,1-3H3,(H,18,20). The molecule has 5 nitrogen and oxygen atoms in total. The van der Waals surface area contributed by atoms with Crippen LogP contribution in [-0.4, -0.2) is 33.2 Å². The molecule has 0 spiro atoms. The van der Waals surface area contributed by atoms with E-state index in [2.05, 4.69) is 5.32 Å². The van der Waals surface area contributed by atoms with Crippen molar-refractivity contribution in [1.29, 1.82) is 0 Å². The van der Waals surface area contributed by atoms with Gasteiger partial charge in [-0.3, -0.25) is 9.10 Å². The van der Waals surface area contributed by atoms with E-state index >= 15 is 0 Å². The maximum atomic E-state index is 13.8. The minimum atomic E-state index is -3.61. The van der Waals surface area contributed by atoms with Crippen molar-refractivity contribution in [3.63, 3.8) is 0 Å². The number of hydrogen-bond donors (Lipinski definition) is 1. The summed E-state index contributed by atoms with van der Waals surface area (Å²) in [5.74, 6) is -0.716. The maximum absolute atomic E-state index is 13.8. The second kappa shape index (κ2) is 8.86. The van der Waals surface area contributed by atoms with Crippen LogP contribution in [0.4, 0.5) is 10.1 Å². The number of rotatable bonds is 9. The summed E-state index contributed by atoms with van der Waals surface area (Å²) in [6, 6.07) is 5.81. The number of hydrogen-bond acceptors (Lipinski definition) is 3. The largest absolute Gasteiger partial charge is 0.354 e. The molecular weight excluding hydrogens is 319 g/mol. The van der Waals surface area contributed by atoms with Crippen LogP contribution in [0.1, 0.15) is 39.5 Å². The molecule has 0 saturated carbocycles. The molecule has 130 valence electrons. The highest BCUT2D eigenvalue weighted by Gasteiger charge is 2.20. The molecular formula is C16H25FN2O3S. The molecule has 0 fully saturated rings. The molecule has 0 aliphatic carbocycles. The molecule has 1 amide bonds. The Hall–Kier alpha value is -1.63. The normalized spacial score (nSPS) is 12.7. The summed E-state index contributed by atoms with van der Waals surface area (Å²) in [6.07, 6.45) is 3.44. The molecule has 0 heterocycles. The van der Waals surface area contributed by atoms with Gasteiger partial charge in [0.25, 0.3) is 0 Å². The zero-order chi connectivity index (χ0) is 17.5. The SMILES string of the molecule is CCCC(C)NC(=O)CCCN(c1ccccc1F)S(C)(=O)=O. The van der Waals surface area contributed by atoms with Crippen LogP contribution in [0.5, 0.6) is 0 Å². The minimum absolute atomic E-state index is 0.00904. The Kier molecular flexibility index (Phi) is 7.48. The van der Waals surface area contributed by atoms with Gasteiger partial charge in [0.05, 0.1) is 11.9 Å². The number of carbonyl (C=O) groups is 1. The Morgan fingerprint density at radius 2 is 2.00 bits per heavy atom. The van der Waals surface area contributed by atoms with E-state index in [1.54, 1.807) is 6.07 Å². The number of nitrogens with zero attached hydrogens (tertiary/aromatic N) is 1. The van der Waals surface area contributed by atoms with Gasteiger partial charge in [0.1, 0.15) is 5.82 Å². The van der Waals surface area contributed by atoms with Crippen LogP contribution < -0.4 is 9.62 Å². The van der Waals surface area contributed by atoms with Crippen molar-refractivity contribution in [3.8, 4) is 0 Å². The lowest BCUT2D eigenvalue weighted by Crippen LogP contribution is -2.35. The van der Waals surface area contributed by atoms with E-state index in [1.165, 1.54) is 18.2 Å². The molecule has 1 atom stereocenters. The molecule has 1 rings (SSSR count). The van der Waals surface area contributed by atoms with Crippen molar-refractivity contribution < 1.29 is 17.6 Å². The first-order valence-electron chi connectivity index (χ1n) is 7.77. The van der Waals surface area contributed by atoms with Crippen molar-refractivity contribution >= 4 is 21.6 Å². The third-order valence-electron chi connectivity index (χ3n) is 3.42. The summed E-state index contributed by atoms with van der Waals surface area (Å²) in [5, 5.41) is 2.86. The quantitative estimate of drug-likeness (QED) is 0.749. The summed E-state index contributed by atoms with van der Waals surface area (Å²) in [7, 11) is -3.61. The highest BCUT2D eigenvalue weighted by Crippen LogP contribution is 2.21. The Morgan fingerprint density at radius 1 is 1.35 bits per heavy atom. The van der Waals surface area contributed by atoms with Crippen LogP contribution in [0, 0.1) is 5.82 Å². The fourth-order valence-corrected chi connectivity index (χ4v) is 3.32. The van der Waals surface area contributed by atoms with Gasteiger partial charge in [-0.2, -0.15) is 0 Å². The molecule has 1 unspecified atom stereocenters. The third kappa shape index (κ3) is 6.56. The molecule has 1 aromatic carbocycles. The fraction of sp³-hybridized carbons (Fsp3) is 0.562. The van der Waals surface area contributed by atoms with Gasteiger partial charge in [0, 0.05) is 19.0 Å². The van der Waals surface area contributed by atoms with Crippen LogP contribution in [0.3, 0.4) is 0 Å². The van der Waals surface area contributed by atoms with E-state index in [-0.39, 0.29) is 30.6 Å². The molecule has 7 heteroatoms. The summed E-state index contributed by atoms with van der Waals surface area (Å²) in [5.41, 5.74) is 0.00904. The van der Waals surface area contributed by atoms with Gasteiger partial charge in [-0.05, 0) is 31.9 Å². The van der Waals surface area contributed by atoms with Gasteiger partial charge in [-0.15, -0.1) is 0 Å². The van der Waals surface area contributed by atoms with Crippen LogP contribution in [-0.2, 0) is 14.8 Å². The Morgan fingerprint density at radius 3 is 2.57 bits per heavy atom. The van der Waals surface area contributed by atoms with Crippen molar-refractivity contribution in [1.82, 2.24) is 5.32 Å². The molecule has 0 bridgehead atoms. The fourth-order valence-electron chi connectivity index (χ4n) is 2.35.